The number of benzene rings is 2. The molecule has 0 aliphatic heterocycles. The molecule has 1 atom stereocenters. The van der Waals surface area contributed by atoms with Gasteiger partial charge < -0.3 is 23.5 Å². The summed E-state index contributed by atoms with van der Waals surface area (Å²) >= 11 is 1.19. The van der Waals surface area contributed by atoms with Gasteiger partial charge in [0.2, 0.25) is 20.0 Å². The number of nitrogens with zero attached hydrogens (tertiary/aromatic N) is 4. The third-order valence-electron chi connectivity index (χ3n) is 7.79. The molecule has 3 aromatic rings. The maximum atomic E-state index is 11.8. The van der Waals surface area contributed by atoms with Crippen LogP contribution in [0.1, 0.15) is 71.6 Å². The van der Waals surface area contributed by atoms with Gasteiger partial charge in [-0.3, -0.25) is 0 Å². The van der Waals surface area contributed by atoms with E-state index in [9.17, 15) is 9.90 Å². The third-order valence-corrected chi connectivity index (χ3v) is 14.6. The van der Waals surface area contributed by atoms with Crippen molar-refractivity contribution in [2.45, 2.75) is 78.1 Å². The zero-order chi connectivity index (χ0) is 32.8. The first-order valence-corrected chi connectivity index (χ1v) is 17.9. The molecule has 3 rings (SSSR count). The Balaban J connectivity index is 2.23. The number of carbonyl (C=O) groups is 1. The van der Waals surface area contributed by atoms with Crippen molar-refractivity contribution in [1.29, 1.82) is 0 Å². The Kier molecular flexibility index (Phi) is 11.9. The molecule has 10 nitrogen and oxygen atoms in total. The Morgan fingerprint density at radius 1 is 0.977 bits per heavy atom. The summed E-state index contributed by atoms with van der Waals surface area (Å²) in [5.41, 5.74) is 4.26. The summed E-state index contributed by atoms with van der Waals surface area (Å²) in [5.74, 6) is 1.98. The van der Waals surface area contributed by atoms with E-state index in [1.807, 2.05) is 25.1 Å². The molecule has 44 heavy (non-hydrogen) atoms. The van der Waals surface area contributed by atoms with Crippen molar-refractivity contribution >= 4 is 42.6 Å². The molecule has 1 amide bonds. The molecule has 0 bridgehead atoms. The highest BCUT2D eigenvalue weighted by atomic mass is 32.2. The van der Waals surface area contributed by atoms with Gasteiger partial charge in [-0.2, -0.15) is 9.98 Å². The fourth-order valence-corrected chi connectivity index (χ4v) is 12.0. The second-order valence-electron chi connectivity index (χ2n) is 11.4. The molecule has 1 aromatic heterocycles. The fourth-order valence-electron chi connectivity index (χ4n) is 5.96. The molecular weight excluding hydrogens is 597 g/mol. The maximum Gasteiger partial charge on any atom is 0.432 e. The number of thioether (sulfide) groups is 1. The number of methoxy groups -OCH3 is 2. The van der Waals surface area contributed by atoms with Crippen LogP contribution in [0.5, 0.6) is 11.5 Å². The molecule has 0 spiro atoms. The zero-order valence-corrected chi connectivity index (χ0v) is 29.3. The summed E-state index contributed by atoms with van der Waals surface area (Å²) < 4.78 is 23.9. The molecule has 2 aromatic carbocycles. The smallest absolute Gasteiger partial charge is 0.432 e. The Morgan fingerprint density at radius 3 is 2.05 bits per heavy atom. The number of hydrogen-bond donors (Lipinski definition) is 1. The van der Waals surface area contributed by atoms with Crippen LogP contribution >= 0.6 is 11.8 Å². The number of aromatic nitrogens is 2. The normalized spacial score (nSPS) is 13.6. The number of amides is 1. The van der Waals surface area contributed by atoms with Gasteiger partial charge in [0.15, 0.2) is 11.5 Å². The Bertz CT molecular complexity index is 1480. The zero-order valence-electron chi connectivity index (χ0n) is 27.5. The van der Waals surface area contributed by atoms with E-state index in [4.69, 9.17) is 23.4 Å². The first-order chi connectivity index (χ1) is 20.8. The van der Waals surface area contributed by atoms with Crippen molar-refractivity contribution in [2.75, 3.05) is 20.5 Å². The van der Waals surface area contributed by atoms with Crippen LogP contribution in [0, 0.1) is 6.92 Å². The number of hydrogen-bond acceptors (Lipinski definition) is 9. The predicted octanol–water partition coefficient (Wildman–Crippen LogP) is 8.88. The first-order valence-electron chi connectivity index (χ1n) is 14.6. The summed E-state index contributed by atoms with van der Waals surface area (Å²) in [5, 5.41) is 13.8. The van der Waals surface area contributed by atoms with Crippen LogP contribution in [0.3, 0.4) is 0 Å². The van der Waals surface area contributed by atoms with E-state index in [0.29, 0.717) is 56.8 Å². The molecule has 0 saturated heterocycles. The van der Waals surface area contributed by atoms with E-state index in [1.165, 1.54) is 11.8 Å². The fraction of sp³-hybridized carbons (Fsp3) is 0.469. The molecule has 0 fully saturated rings. The monoisotopic (exact) mass is 640 g/mol. The lowest BCUT2D eigenvalue weighted by atomic mass is 10.0. The molecule has 1 N–H and O–H groups in total. The van der Waals surface area contributed by atoms with Crippen LogP contribution in [0.25, 0.3) is 11.4 Å². The number of ether oxygens (including phenoxy) is 2. The summed E-state index contributed by atoms with van der Waals surface area (Å²) in [6.45, 7) is 17.2. The minimum atomic E-state index is -2.27. The number of carboxylic acid groups (broad SMARTS) is 1. The lowest BCUT2D eigenvalue weighted by Gasteiger charge is -2.44. The summed E-state index contributed by atoms with van der Waals surface area (Å²) in [4.78, 5) is 24.8. The molecule has 1 unspecified atom stereocenters. The highest BCUT2D eigenvalue weighted by Gasteiger charge is 2.46. The molecule has 12 heteroatoms. The molecule has 0 aliphatic rings. The SMILES string of the molecule is COc1cc(C(=Nc2ccc(-c3noc(C)n3)cc2)C(=NC(=O)O)SC)cc(C(C)O[Si](C(C)C)(C(C)C)C(C)C)c1OC. The van der Waals surface area contributed by atoms with Gasteiger partial charge in [0.1, 0.15) is 10.8 Å². The van der Waals surface area contributed by atoms with E-state index in [1.54, 1.807) is 45.6 Å². The quantitative estimate of drug-likeness (QED) is 0.117. The molecule has 0 radical (unpaired) electrons. The third kappa shape index (κ3) is 7.59. The van der Waals surface area contributed by atoms with Gasteiger partial charge in [-0.15, -0.1) is 11.8 Å². The average molecular weight is 641 g/mol. The summed E-state index contributed by atoms with van der Waals surface area (Å²) in [6.07, 6.45) is 0.106. The van der Waals surface area contributed by atoms with E-state index in [2.05, 4.69) is 56.7 Å². The van der Waals surface area contributed by atoms with Crippen molar-refractivity contribution in [3.8, 4) is 22.9 Å². The lowest BCUT2D eigenvalue weighted by Crippen LogP contribution is -2.48. The average Bonchev–Trinajstić information content (AvgIpc) is 3.42. The van der Waals surface area contributed by atoms with Crippen molar-refractivity contribution in [3.63, 3.8) is 0 Å². The van der Waals surface area contributed by atoms with Crippen molar-refractivity contribution in [3.05, 3.63) is 53.4 Å². The van der Waals surface area contributed by atoms with Crippen LogP contribution in [0.15, 0.2) is 50.9 Å². The standard InChI is InChI=1S/C32H44N4O6SSi/c1-18(2)44(19(3)4,20(5)6)42-21(7)26-16-24(17-27(39-9)29(26)40-10)28(31(43-11)35-32(37)38)34-25-14-12-23(13-15-25)30-33-22(8)41-36-30/h12-21H,1-11H3,(H,37,38). The van der Waals surface area contributed by atoms with Crippen molar-refractivity contribution in [2.24, 2.45) is 9.98 Å². The van der Waals surface area contributed by atoms with Gasteiger partial charge in [-0.1, -0.05) is 46.7 Å². The number of aryl methyl sites for hydroxylation is 1. The topological polar surface area (TPSA) is 129 Å². The molecular formula is C32H44N4O6SSi. The van der Waals surface area contributed by atoms with E-state index in [0.717, 1.165) is 11.1 Å². The number of rotatable bonds is 12. The minimum absolute atomic E-state index is 0.234. The first kappa shape index (κ1) is 35.0. The van der Waals surface area contributed by atoms with Crippen LogP contribution < -0.4 is 9.47 Å². The molecule has 0 saturated carbocycles. The van der Waals surface area contributed by atoms with Crippen molar-refractivity contribution in [1.82, 2.24) is 10.1 Å². The van der Waals surface area contributed by atoms with Crippen molar-refractivity contribution < 1.29 is 28.3 Å². The van der Waals surface area contributed by atoms with Gasteiger partial charge in [-0.05, 0) is 66.2 Å². The Morgan fingerprint density at radius 2 is 1.59 bits per heavy atom. The summed E-state index contributed by atoms with van der Waals surface area (Å²) in [6, 6.07) is 11.0. The van der Waals surface area contributed by atoms with Gasteiger partial charge in [0, 0.05) is 23.6 Å². The Hall–Kier alpha value is -3.48. The van der Waals surface area contributed by atoms with E-state index in [-0.39, 0.29) is 11.1 Å². The van der Waals surface area contributed by atoms with Crippen LogP contribution in [-0.2, 0) is 4.43 Å². The van der Waals surface area contributed by atoms with Gasteiger partial charge in [0.05, 0.1) is 26.0 Å². The van der Waals surface area contributed by atoms with Crippen LogP contribution in [-0.4, -0.2) is 60.9 Å². The molecule has 0 aliphatic carbocycles. The van der Waals surface area contributed by atoms with Gasteiger partial charge >= 0.3 is 6.09 Å². The van der Waals surface area contributed by atoms with Crippen LogP contribution in [0.2, 0.25) is 16.6 Å². The highest BCUT2D eigenvalue weighted by Crippen LogP contribution is 2.47. The molecule has 238 valence electrons. The largest absolute Gasteiger partial charge is 0.493 e. The van der Waals surface area contributed by atoms with Crippen LogP contribution in [0.4, 0.5) is 10.5 Å². The van der Waals surface area contributed by atoms with E-state index >= 15 is 0 Å². The maximum absolute atomic E-state index is 11.8. The second-order valence-corrected chi connectivity index (χ2v) is 17.6. The second kappa shape index (κ2) is 15.0. The lowest BCUT2D eigenvalue weighted by molar-refractivity contribution is 0.189. The van der Waals surface area contributed by atoms with Gasteiger partial charge in [-0.25, -0.2) is 9.79 Å². The van der Waals surface area contributed by atoms with E-state index < -0.39 is 14.4 Å². The molecule has 1 heterocycles. The number of aliphatic imine (C=N–C) groups is 2. The highest BCUT2D eigenvalue weighted by molar-refractivity contribution is 8.15. The minimum Gasteiger partial charge on any atom is -0.493 e. The Labute approximate surface area is 265 Å². The summed E-state index contributed by atoms with van der Waals surface area (Å²) in [7, 11) is 0.902. The predicted molar refractivity (Wildman–Crippen MR) is 180 cm³/mol. The van der Waals surface area contributed by atoms with Gasteiger partial charge in [0.25, 0.3) is 0 Å².